The van der Waals surface area contributed by atoms with E-state index in [1.165, 1.54) is 6.07 Å². The van der Waals surface area contributed by atoms with Crippen LogP contribution >= 0.6 is 0 Å². The second-order valence-electron chi connectivity index (χ2n) is 7.23. The van der Waals surface area contributed by atoms with E-state index < -0.39 is 28.1 Å². The molecule has 2 heterocycles. The molecule has 1 unspecified atom stereocenters. The fraction of sp³-hybridized carbons (Fsp3) is 0.667. The van der Waals surface area contributed by atoms with Crippen LogP contribution in [0.1, 0.15) is 45.2 Å². The Morgan fingerprint density at radius 1 is 1.42 bits per heavy atom. The van der Waals surface area contributed by atoms with Gasteiger partial charge in [0.05, 0.1) is 12.1 Å². The highest BCUT2D eigenvalue weighted by Gasteiger charge is 2.40. The van der Waals surface area contributed by atoms with E-state index in [-0.39, 0.29) is 23.9 Å². The molecule has 0 aliphatic carbocycles. The van der Waals surface area contributed by atoms with Gasteiger partial charge >= 0.3 is 0 Å². The molecular weight excluding hydrogens is 354 g/mol. The molecule has 1 aliphatic heterocycles. The van der Waals surface area contributed by atoms with E-state index in [0.29, 0.717) is 31.5 Å². The Hall–Kier alpha value is -1.51. The molecule has 1 aromatic heterocycles. The molecule has 146 valence electrons. The Morgan fingerprint density at radius 2 is 2.15 bits per heavy atom. The minimum Gasteiger partial charge on any atom is -0.390 e. The summed E-state index contributed by atoms with van der Waals surface area (Å²) < 4.78 is 27.4. The van der Waals surface area contributed by atoms with E-state index in [9.17, 15) is 18.3 Å². The normalized spacial score (nSPS) is 21.4. The van der Waals surface area contributed by atoms with Crippen molar-refractivity contribution in [2.75, 3.05) is 13.1 Å². The van der Waals surface area contributed by atoms with Crippen molar-refractivity contribution in [3.8, 4) is 0 Å². The Balaban J connectivity index is 2.43. The van der Waals surface area contributed by atoms with E-state index in [2.05, 4.69) is 10.3 Å². The second kappa shape index (κ2) is 8.92. The van der Waals surface area contributed by atoms with Gasteiger partial charge in [0.1, 0.15) is 0 Å². The van der Waals surface area contributed by atoms with Crippen LogP contribution in [0.15, 0.2) is 23.2 Å². The maximum absolute atomic E-state index is 13.2. The number of nitrogens with zero attached hydrogens (tertiary/aromatic N) is 2. The first kappa shape index (κ1) is 20.8. The van der Waals surface area contributed by atoms with Gasteiger partial charge in [-0.1, -0.05) is 19.9 Å². The topological polar surface area (TPSA) is 99.6 Å². The minimum atomic E-state index is -4.13. The maximum Gasteiger partial charge on any atom is 0.284 e. The van der Waals surface area contributed by atoms with E-state index in [1.807, 2.05) is 13.8 Å². The predicted molar refractivity (Wildman–Crippen MR) is 99.0 cm³/mol. The molecule has 8 heteroatoms. The predicted octanol–water partition coefficient (Wildman–Crippen LogP) is 1.46. The van der Waals surface area contributed by atoms with E-state index in [1.54, 1.807) is 19.1 Å². The monoisotopic (exact) mass is 383 g/mol. The lowest BCUT2D eigenvalue weighted by Gasteiger charge is -2.33. The number of aliphatic hydroxyl groups is 1. The number of amides is 1. The number of pyridine rings is 1. The van der Waals surface area contributed by atoms with Gasteiger partial charge in [0, 0.05) is 18.7 Å². The molecule has 26 heavy (non-hydrogen) atoms. The Bertz CT molecular complexity index is 721. The summed E-state index contributed by atoms with van der Waals surface area (Å²) in [6.07, 6.45) is 0.881. The molecule has 7 nitrogen and oxygen atoms in total. The number of rotatable bonds is 6. The Morgan fingerprint density at radius 3 is 2.81 bits per heavy atom. The summed E-state index contributed by atoms with van der Waals surface area (Å²) >= 11 is 0. The number of carbonyl (C=O) groups is 1. The number of aliphatic hydroxyl groups excluding tert-OH is 1. The van der Waals surface area contributed by atoms with Crippen LogP contribution in [0.2, 0.25) is 0 Å². The van der Waals surface area contributed by atoms with Crippen molar-refractivity contribution >= 4 is 15.9 Å². The maximum atomic E-state index is 13.2. The summed E-state index contributed by atoms with van der Waals surface area (Å²) in [5, 5.41) is 13.4. The van der Waals surface area contributed by atoms with Gasteiger partial charge in [-0.25, -0.2) is 9.29 Å². The fourth-order valence-corrected chi connectivity index (χ4v) is 4.74. The molecule has 0 aromatic carbocycles. The number of sulfonamides is 1. The number of β-amino-alcohol motifs (C(OH)–C–C–N with tert-alkyl or cyclic N) is 1. The van der Waals surface area contributed by atoms with Crippen molar-refractivity contribution in [1.82, 2.24) is 14.6 Å². The summed E-state index contributed by atoms with van der Waals surface area (Å²) in [6, 6.07) is 3.93. The van der Waals surface area contributed by atoms with Crippen LogP contribution in [0.3, 0.4) is 0 Å². The van der Waals surface area contributed by atoms with Gasteiger partial charge in [-0.3, -0.25) is 4.79 Å². The quantitative estimate of drug-likeness (QED) is 0.771. The SMILES string of the molecule is Cc1cccc(S(=O)(=O)N(C(=O)CCC(C)C)C2CCCNC[C@@H]2O)n1. The van der Waals surface area contributed by atoms with Crippen molar-refractivity contribution in [3.05, 3.63) is 23.9 Å². The third kappa shape index (κ3) is 5.02. The van der Waals surface area contributed by atoms with Crippen LogP contribution in [-0.2, 0) is 14.8 Å². The minimum absolute atomic E-state index is 0.124. The van der Waals surface area contributed by atoms with Crippen molar-refractivity contribution in [2.24, 2.45) is 5.92 Å². The number of nitrogens with one attached hydrogen (secondary N) is 1. The zero-order chi connectivity index (χ0) is 19.3. The Kier molecular flexibility index (Phi) is 7.14. The Labute approximate surface area is 155 Å². The number of hydrogen-bond donors (Lipinski definition) is 2. The average Bonchev–Trinajstić information content (AvgIpc) is 2.78. The van der Waals surface area contributed by atoms with Crippen LogP contribution in [0.25, 0.3) is 0 Å². The molecule has 1 fully saturated rings. The lowest BCUT2D eigenvalue weighted by atomic mass is 10.0. The molecule has 2 atom stereocenters. The average molecular weight is 384 g/mol. The number of carbonyl (C=O) groups excluding carboxylic acids is 1. The fourth-order valence-electron chi connectivity index (χ4n) is 3.07. The van der Waals surface area contributed by atoms with Gasteiger partial charge in [-0.05, 0) is 50.8 Å². The van der Waals surface area contributed by atoms with Crippen molar-refractivity contribution in [3.63, 3.8) is 0 Å². The molecule has 1 amide bonds. The van der Waals surface area contributed by atoms with Crippen molar-refractivity contribution in [2.45, 2.75) is 63.6 Å². The van der Waals surface area contributed by atoms with Crippen LogP contribution in [-0.4, -0.2) is 54.0 Å². The highest BCUT2D eigenvalue weighted by Crippen LogP contribution is 2.24. The van der Waals surface area contributed by atoms with Crippen LogP contribution < -0.4 is 5.32 Å². The standard InChI is InChI=1S/C18H29N3O4S/c1-13(2)9-10-18(23)21(15-7-5-11-19-12-16(15)22)26(24,25)17-8-4-6-14(3)20-17/h4,6,8,13,15-16,19,22H,5,7,9-12H2,1-3H3/t15?,16-/m0/s1. The van der Waals surface area contributed by atoms with Crippen molar-refractivity contribution in [1.29, 1.82) is 0 Å². The summed E-state index contributed by atoms with van der Waals surface area (Å²) in [5.41, 5.74) is 0.559. The zero-order valence-electron chi connectivity index (χ0n) is 15.7. The second-order valence-corrected chi connectivity index (χ2v) is 8.99. The molecule has 0 radical (unpaired) electrons. The first-order chi connectivity index (χ1) is 12.2. The van der Waals surface area contributed by atoms with Gasteiger partial charge in [-0.15, -0.1) is 0 Å². The lowest BCUT2D eigenvalue weighted by Crippen LogP contribution is -2.51. The molecular formula is C18H29N3O4S. The van der Waals surface area contributed by atoms with Gasteiger partial charge in [0.2, 0.25) is 5.91 Å². The lowest BCUT2D eigenvalue weighted by molar-refractivity contribution is -0.130. The van der Waals surface area contributed by atoms with Crippen LogP contribution in [0.5, 0.6) is 0 Å². The van der Waals surface area contributed by atoms with Crippen LogP contribution in [0, 0.1) is 12.8 Å². The van der Waals surface area contributed by atoms with E-state index >= 15 is 0 Å². The zero-order valence-corrected chi connectivity index (χ0v) is 16.5. The third-order valence-electron chi connectivity index (χ3n) is 4.52. The molecule has 2 rings (SSSR count). The van der Waals surface area contributed by atoms with Crippen LogP contribution in [0.4, 0.5) is 0 Å². The molecule has 1 saturated heterocycles. The third-order valence-corrected chi connectivity index (χ3v) is 6.27. The molecule has 0 bridgehead atoms. The largest absolute Gasteiger partial charge is 0.390 e. The summed E-state index contributed by atoms with van der Waals surface area (Å²) in [6.45, 7) is 6.62. The highest BCUT2D eigenvalue weighted by molar-refractivity contribution is 7.89. The van der Waals surface area contributed by atoms with Gasteiger partial charge in [0.15, 0.2) is 5.03 Å². The summed E-state index contributed by atoms with van der Waals surface area (Å²) in [7, 11) is -4.13. The van der Waals surface area contributed by atoms with Gasteiger partial charge < -0.3 is 10.4 Å². The first-order valence-corrected chi connectivity index (χ1v) is 10.6. The molecule has 1 aromatic rings. The van der Waals surface area contributed by atoms with E-state index in [0.717, 1.165) is 4.31 Å². The van der Waals surface area contributed by atoms with Crippen molar-refractivity contribution < 1.29 is 18.3 Å². The first-order valence-electron chi connectivity index (χ1n) is 9.13. The number of aromatic nitrogens is 1. The molecule has 1 aliphatic rings. The smallest absolute Gasteiger partial charge is 0.284 e. The molecule has 0 saturated carbocycles. The summed E-state index contributed by atoms with van der Waals surface area (Å²) in [5.74, 6) is -0.200. The van der Waals surface area contributed by atoms with E-state index in [4.69, 9.17) is 0 Å². The number of aryl methyl sites for hydroxylation is 1. The van der Waals surface area contributed by atoms with Gasteiger partial charge in [0.25, 0.3) is 10.0 Å². The molecule has 0 spiro atoms. The highest BCUT2D eigenvalue weighted by atomic mass is 32.2. The number of hydrogen-bond acceptors (Lipinski definition) is 6. The molecule has 2 N–H and O–H groups in total. The summed E-state index contributed by atoms with van der Waals surface area (Å²) in [4.78, 5) is 17.0. The van der Waals surface area contributed by atoms with Gasteiger partial charge in [-0.2, -0.15) is 8.42 Å².